The molecule has 5 heteroatoms. The minimum absolute atomic E-state index is 0.149. The van der Waals surface area contributed by atoms with E-state index in [1.807, 2.05) is 0 Å². The number of carbonyl (C=O) groups is 1. The van der Waals surface area contributed by atoms with Gasteiger partial charge in [0.1, 0.15) is 16.5 Å². The van der Waals surface area contributed by atoms with Crippen LogP contribution < -0.4 is 5.32 Å². The molecule has 0 radical (unpaired) electrons. The Morgan fingerprint density at radius 3 is 2.93 bits per heavy atom. The Kier molecular flexibility index (Phi) is 4.37. The molecule has 0 bridgehead atoms. The Morgan fingerprint density at radius 2 is 2.33 bits per heavy atom. The molecule has 1 aromatic heterocycles. The quantitative estimate of drug-likeness (QED) is 0.601. The lowest BCUT2D eigenvalue weighted by Crippen LogP contribution is -2.09. The number of carboxylic acids is 1. The minimum atomic E-state index is -1.00. The molecular weight excluding hydrogens is 216 g/mol. The van der Waals surface area contributed by atoms with Crippen LogP contribution in [0.4, 0.5) is 5.82 Å². The van der Waals surface area contributed by atoms with Crippen LogP contribution in [-0.2, 0) is 0 Å². The molecule has 82 valence electrons. The summed E-state index contributed by atoms with van der Waals surface area (Å²) in [5, 5.41) is 12.1. The van der Waals surface area contributed by atoms with Gasteiger partial charge in [0.25, 0.3) is 0 Å². The summed E-state index contributed by atoms with van der Waals surface area (Å²) in [6.45, 7) is 2.76. The van der Waals surface area contributed by atoms with Crippen LogP contribution >= 0.6 is 11.6 Å². The number of nitrogens with zero attached hydrogens (tertiary/aromatic N) is 1. The summed E-state index contributed by atoms with van der Waals surface area (Å²) >= 11 is 5.69. The molecule has 0 unspecified atom stereocenters. The molecule has 0 aliphatic heterocycles. The van der Waals surface area contributed by atoms with Crippen LogP contribution in [-0.4, -0.2) is 22.6 Å². The number of pyridine rings is 1. The van der Waals surface area contributed by atoms with E-state index in [0.29, 0.717) is 17.5 Å². The van der Waals surface area contributed by atoms with Crippen molar-refractivity contribution in [1.82, 2.24) is 4.98 Å². The maximum Gasteiger partial charge on any atom is 0.339 e. The average Bonchev–Trinajstić information content (AvgIpc) is 2.18. The average molecular weight is 229 g/mol. The van der Waals surface area contributed by atoms with Gasteiger partial charge in [-0.25, -0.2) is 9.78 Å². The molecule has 0 aromatic carbocycles. The Balaban J connectivity index is 2.82. The van der Waals surface area contributed by atoms with E-state index in [1.54, 1.807) is 0 Å². The zero-order valence-electron chi connectivity index (χ0n) is 8.46. The van der Waals surface area contributed by atoms with Gasteiger partial charge in [0.05, 0.1) is 0 Å². The Bertz CT molecular complexity index is 355. The van der Waals surface area contributed by atoms with Crippen LogP contribution in [0.2, 0.25) is 5.15 Å². The lowest BCUT2D eigenvalue weighted by Gasteiger charge is -2.07. The number of halogens is 1. The smallest absolute Gasteiger partial charge is 0.339 e. The summed E-state index contributed by atoms with van der Waals surface area (Å²) < 4.78 is 0. The van der Waals surface area contributed by atoms with E-state index in [4.69, 9.17) is 16.7 Å². The lowest BCUT2D eigenvalue weighted by molar-refractivity contribution is 0.0697. The monoisotopic (exact) mass is 228 g/mol. The molecule has 0 saturated carbocycles. The topological polar surface area (TPSA) is 62.2 Å². The summed E-state index contributed by atoms with van der Waals surface area (Å²) in [5.41, 5.74) is 0.149. The standard InChI is InChI=1S/C10H13ClN2O2/c1-2-3-6-12-9-7(10(14)15)4-5-8(11)13-9/h4-5H,2-3,6H2,1H3,(H,12,13)(H,14,15). The number of hydrogen-bond donors (Lipinski definition) is 2. The molecule has 4 nitrogen and oxygen atoms in total. The van der Waals surface area contributed by atoms with Crippen LogP contribution in [0.25, 0.3) is 0 Å². The normalized spacial score (nSPS) is 10.0. The van der Waals surface area contributed by atoms with E-state index >= 15 is 0 Å². The maximum absolute atomic E-state index is 10.8. The molecule has 0 fully saturated rings. The first-order valence-electron chi connectivity index (χ1n) is 4.79. The molecule has 0 aliphatic rings. The first-order chi connectivity index (χ1) is 7.15. The third-order valence-electron chi connectivity index (χ3n) is 1.91. The molecule has 2 N–H and O–H groups in total. The molecule has 0 atom stereocenters. The fourth-order valence-corrected chi connectivity index (χ4v) is 1.27. The van der Waals surface area contributed by atoms with E-state index in [9.17, 15) is 4.79 Å². The van der Waals surface area contributed by atoms with Crippen molar-refractivity contribution in [2.45, 2.75) is 19.8 Å². The van der Waals surface area contributed by atoms with Crippen LogP contribution in [0.5, 0.6) is 0 Å². The van der Waals surface area contributed by atoms with E-state index in [1.165, 1.54) is 12.1 Å². The molecule has 15 heavy (non-hydrogen) atoms. The van der Waals surface area contributed by atoms with Gasteiger partial charge in [0.15, 0.2) is 0 Å². The number of nitrogens with one attached hydrogen (secondary N) is 1. The SMILES string of the molecule is CCCCNc1nc(Cl)ccc1C(=O)O. The lowest BCUT2D eigenvalue weighted by atomic mass is 10.2. The van der Waals surface area contributed by atoms with Crippen molar-refractivity contribution in [3.05, 3.63) is 22.8 Å². The Labute approximate surface area is 93.3 Å². The Morgan fingerprint density at radius 1 is 1.60 bits per heavy atom. The van der Waals surface area contributed by atoms with Crippen LogP contribution in [0.3, 0.4) is 0 Å². The second-order valence-electron chi connectivity index (χ2n) is 3.12. The minimum Gasteiger partial charge on any atom is -0.478 e. The molecule has 1 heterocycles. The highest BCUT2D eigenvalue weighted by Crippen LogP contribution is 2.16. The van der Waals surface area contributed by atoms with Crippen molar-refractivity contribution in [2.24, 2.45) is 0 Å². The van der Waals surface area contributed by atoms with Gasteiger partial charge >= 0.3 is 5.97 Å². The van der Waals surface area contributed by atoms with Gasteiger partial charge in [0, 0.05) is 6.54 Å². The second kappa shape index (κ2) is 5.56. The number of carboxylic acid groups (broad SMARTS) is 1. The van der Waals surface area contributed by atoms with E-state index in [2.05, 4.69) is 17.2 Å². The van der Waals surface area contributed by atoms with Gasteiger partial charge in [-0.05, 0) is 18.6 Å². The fourth-order valence-electron chi connectivity index (χ4n) is 1.13. The predicted molar refractivity (Wildman–Crippen MR) is 59.6 cm³/mol. The van der Waals surface area contributed by atoms with Crippen molar-refractivity contribution < 1.29 is 9.90 Å². The third kappa shape index (κ3) is 3.40. The largest absolute Gasteiger partial charge is 0.478 e. The molecule has 0 spiro atoms. The molecule has 1 aromatic rings. The predicted octanol–water partition coefficient (Wildman–Crippen LogP) is 2.65. The first kappa shape index (κ1) is 11.8. The highest BCUT2D eigenvalue weighted by molar-refractivity contribution is 6.29. The number of aromatic nitrogens is 1. The molecule has 0 aliphatic carbocycles. The zero-order chi connectivity index (χ0) is 11.3. The number of hydrogen-bond acceptors (Lipinski definition) is 3. The van der Waals surface area contributed by atoms with Gasteiger partial charge in [-0.15, -0.1) is 0 Å². The van der Waals surface area contributed by atoms with E-state index in [0.717, 1.165) is 12.8 Å². The van der Waals surface area contributed by atoms with Crippen molar-refractivity contribution >= 4 is 23.4 Å². The highest BCUT2D eigenvalue weighted by atomic mass is 35.5. The first-order valence-corrected chi connectivity index (χ1v) is 5.16. The summed E-state index contributed by atoms with van der Waals surface area (Å²) in [5.74, 6) is -0.665. The fraction of sp³-hybridized carbons (Fsp3) is 0.400. The van der Waals surface area contributed by atoms with Gasteiger partial charge in [-0.3, -0.25) is 0 Å². The number of aromatic carboxylic acids is 1. The Hall–Kier alpha value is -1.29. The molecule has 1 rings (SSSR count). The van der Waals surface area contributed by atoms with Crippen molar-refractivity contribution in [3.63, 3.8) is 0 Å². The van der Waals surface area contributed by atoms with Gasteiger partial charge in [-0.1, -0.05) is 24.9 Å². The zero-order valence-corrected chi connectivity index (χ0v) is 9.21. The number of unbranched alkanes of at least 4 members (excludes halogenated alkanes) is 1. The summed E-state index contributed by atoms with van der Waals surface area (Å²) in [6.07, 6.45) is 2.00. The van der Waals surface area contributed by atoms with Crippen LogP contribution in [0.15, 0.2) is 12.1 Å². The van der Waals surface area contributed by atoms with Gasteiger partial charge < -0.3 is 10.4 Å². The van der Waals surface area contributed by atoms with Crippen molar-refractivity contribution in [2.75, 3.05) is 11.9 Å². The third-order valence-corrected chi connectivity index (χ3v) is 2.12. The van der Waals surface area contributed by atoms with Gasteiger partial charge in [-0.2, -0.15) is 0 Å². The molecule has 0 amide bonds. The van der Waals surface area contributed by atoms with Crippen LogP contribution in [0.1, 0.15) is 30.1 Å². The van der Waals surface area contributed by atoms with E-state index < -0.39 is 5.97 Å². The molecular formula is C10H13ClN2O2. The summed E-state index contributed by atoms with van der Waals surface area (Å²) in [7, 11) is 0. The van der Waals surface area contributed by atoms with Crippen LogP contribution in [0, 0.1) is 0 Å². The summed E-state index contributed by atoms with van der Waals surface area (Å²) in [6, 6.07) is 2.92. The highest BCUT2D eigenvalue weighted by Gasteiger charge is 2.11. The number of anilines is 1. The van der Waals surface area contributed by atoms with Gasteiger partial charge in [0.2, 0.25) is 0 Å². The second-order valence-corrected chi connectivity index (χ2v) is 3.50. The van der Waals surface area contributed by atoms with Crippen molar-refractivity contribution in [1.29, 1.82) is 0 Å². The van der Waals surface area contributed by atoms with Crippen molar-refractivity contribution in [3.8, 4) is 0 Å². The maximum atomic E-state index is 10.8. The summed E-state index contributed by atoms with van der Waals surface area (Å²) in [4.78, 5) is 14.8. The van der Waals surface area contributed by atoms with E-state index in [-0.39, 0.29) is 5.56 Å². The number of rotatable bonds is 5. The molecule has 0 saturated heterocycles.